The predicted molar refractivity (Wildman–Crippen MR) is 73.1 cm³/mol. The lowest BCUT2D eigenvalue weighted by Crippen LogP contribution is -2.37. The molecule has 116 valence electrons. The van der Waals surface area contributed by atoms with Gasteiger partial charge in [-0.1, -0.05) is 29.3 Å². The molecule has 0 fully saturated rings. The average Bonchev–Trinajstić information content (AvgIpc) is 2.42. The molecular formula is C10H12N3O6S2-. The van der Waals surface area contributed by atoms with Gasteiger partial charge in [0.15, 0.2) is 15.1 Å². The molecule has 1 rings (SSSR count). The van der Waals surface area contributed by atoms with Crippen LogP contribution in [0.25, 0.3) is 0 Å². The summed E-state index contributed by atoms with van der Waals surface area (Å²) in [5, 5.41) is 0.946. The summed E-state index contributed by atoms with van der Waals surface area (Å²) in [6.07, 6.45) is 0. The summed E-state index contributed by atoms with van der Waals surface area (Å²) in [6, 6.07) is 6.88. The van der Waals surface area contributed by atoms with Crippen LogP contribution in [0, 0.1) is 0 Å². The predicted octanol–water partition coefficient (Wildman–Crippen LogP) is -1.56. The van der Waals surface area contributed by atoms with Gasteiger partial charge >= 0.3 is 5.97 Å². The summed E-state index contributed by atoms with van der Waals surface area (Å²) < 4.78 is 46.1. The van der Waals surface area contributed by atoms with E-state index in [-0.39, 0.29) is 4.90 Å². The maximum Gasteiger partial charge on any atom is 0.354 e. The zero-order chi connectivity index (χ0) is 16.0. The Bertz CT molecular complexity index is 655. The molecule has 1 aromatic rings. The SMILES string of the molecule is NC(N)=NOC(=O)C(CS(=O)[O-])S(=O)(=O)c1ccccc1. The first kappa shape index (κ1) is 17.1. The van der Waals surface area contributed by atoms with Crippen LogP contribution in [-0.2, 0) is 30.5 Å². The standard InChI is InChI=1S/C10H13N3O6S2/c11-10(12)13-19-9(14)8(6-20(15)16)21(17,18)7-4-2-1-3-5-7/h1-5,8H,6H2,(H,15,16)(H4,11,12,13)/p-1. The van der Waals surface area contributed by atoms with Crippen LogP contribution in [0.2, 0.25) is 0 Å². The lowest BCUT2D eigenvalue weighted by atomic mass is 10.4. The third kappa shape index (κ3) is 4.81. The molecule has 2 unspecified atom stereocenters. The van der Waals surface area contributed by atoms with E-state index in [0.717, 1.165) is 0 Å². The van der Waals surface area contributed by atoms with Crippen molar-refractivity contribution in [2.45, 2.75) is 10.1 Å². The largest absolute Gasteiger partial charge is 0.772 e. The Hall–Kier alpha value is -1.98. The van der Waals surface area contributed by atoms with Crippen LogP contribution in [0.15, 0.2) is 40.4 Å². The van der Waals surface area contributed by atoms with Crippen molar-refractivity contribution >= 4 is 32.8 Å². The van der Waals surface area contributed by atoms with Gasteiger partial charge in [-0.25, -0.2) is 13.2 Å². The monoisotopic (exact) mass is 334 g/mol. The summed E-state index contributed by atoms with van der Waals surface area (Å²) in [6.45, 7) is 0. The van der Waals surface area contributed by atoms with Crippen molar-refractivity contribution in [3.63, 3.8) is 0 Å². The number of carbonyl (C=O) groups is 1. The molecule has 0 saturated carbocycles. The number of guanidine groups is 1. The highest BCUT2D eigenvalue weighted by atomic mass is 32.2. The van der Waals surface area contributed by atoms with Gasteiger partial charge in [0.25, 0.3) is 0 Å². The minimum atomic E-state index is -4.26. The van der Waals surface area contributed by atoms with Gasteiger partial charge in [0, 0.05) is 5.75 Å². The zero-order valence-electron chi connectivity index (χ0n) is 10.5. The Morgan fingerprint density at radius 3 is 2.38 bits per heavy atom. The molecule has 2 atom stereocenters. The maximum absolute atomic E-state index is 12.3. The topological polar surface area (TPSA) is 165 Å². The number of carbonyl (C=O) groups excluding carboxylic acids is 1. The van der Waals surface area contributed by atoms with E-state index < -0.39 is 43.8 Å². The Balaban J connectivity index is 3.16. The molecule has 0 heterocycles. The van der Waals surface area contributed by atoms with Gasteiger partial charge in [-0.15, -0.1) is 0 Å². The number of nitrogens with two attached hydrogens (primary N) is 2. The summed E-state index contributed by atoms with van der Waals surface area (Å²) in [4.78, 5) is 15.7. The first-order chi connectivity index (χ1) is 9.75. The van der Waals surface area contributed by atoms with Crippen LogP contribution in [0.3, 0.4) is 0 Å². The molecule has 0 aromatic heterocycles. The smallest absolute Gasteiger partial charge is 0.354 e. The molecule has 1 aromatic carbocycles. The van der Waals surface area contributed by atoms with Gasteiger partial charge in [-0.2, -0.15) is 0 Å². The highest BCUT2D eigenvalue weighted by Crippen LogP contribution is 2.17. The van der Waals surface area contributed by atoms with Crippen molar-refractivity contribution in [2.24, 2.45) is 16.6 Å². The first-order valence-corrected chi connectivity index (χ1v) is 8.18. The second-order valence-corrected chi connectivity index (χ2v) is 6.81. The molecule has 4 N–H and O–H groups in total. The lowest BCUT2D eigenvalue weighted by Gasteiger charge is -2.16. The number of benzene rings is 1. The van der Waals surface area contributed by atoms with E-state index in [1.54, 1.807) is 6.07 Å². The minimum Gasteiger partial charge on any atom is -0.772 e. The van der Waals surface area contributed by atoms with Crippen LogP contribution in [0.4, 0.5) is 0 Å². The zero-order valence-corrected chi connectivity index (χ0v) is 12.2. The Morgan fingerprint density at radius 1 is 1.33 bits per heavy atom. The lowest BCUT2D eigenvalue weighted by molar-refractivity contribution is -0.142. The van der Waals surface area contributed by atoms with Gasteiger partial charge in [-0.05, 0) is 17.3 Å². The van der Waals surface area contributed by atoms with Crippen LogP contribution in [0.5, 0.6) is 0 Å². The molecular weight excluding hydrogens is 322 g/mol. The highest BCUT2D eigenvalue weighted by molar-refractivity contribution is 7.93. The molecule has 0 aliphatic heterocycles. The molecule has 0 radical (unpaired) electrons. The van der Waals surface area contributed by atoms with Gasteiger partial charge in [0.2, 0.25) is 5.96 Å². The van der Waals surface area contributed by atoms with Crippen LogP contribution < -0.4 is 11.5 Å². The normalized spacial score (nSPS) is 14.0. The summed E-state index contributed by atoms with van der Waals surface area (Å²) in [5.41, 5.74) is 9.88. The number of rotatable bonds is 6. The third-order valence-corrected chi connectivity index (χ3v) is 5.09. The summed E-state index contributed by atoms with van der Waals surface area (Å²) >= 11 is -2.79. The molecule has 0 bridgehead atoms. The van der Waals surface area contributed by atoms with Crippen molar-refractivity contribution in [3.8, 4) is 0 Å². The Kier molecular flexibility index (Phi) is 5.81. The van der Waals surface area contributed by atoms with Gasteiger partial charge < -0.3 is 20.9 Å². The van der Waals surface area contributed by atoms with E-state index in [9.17, 15) is 22.0 Å². The maximum atomic E-state index is 12.3. The minimum absolute atomic E-state index is 0.220. The number of sulfone groups is 1. The molecule has 21 heavy (non-hydrogen) atoms. The van der Waals surface area contributed by atoms with E-state index in [0.29, 0.717) is 0 Å². The number of hydrogen-bond acceptors (Lipinski definition) is 7. The van der Waals surface area contributed by atoms with Crippen LogP contribution >= 0.6 is 0 Å². The second-order valence-electron chi connectivity index (χ2n) is 3.74. The van der Waals surface area contributed by atoms with E-state index >= 15 is 0 Å². The van der Waals surface area contributed by atoms with Crippen LogP contribution in [-0.4, -0.2) is 40.1 Å². The Morgan fingerprint density at radius 2 is 1.90 bits per heavy atom. The third-order valence-electron chi connectivity index (χ3n) is 2.24. The van der Waals surface area contributed by atoms with Crippen LogP contribution in [0.1, 0.15) is 0 Å². The number of hydrogen-bond donors (Lipinski definition) is 2. The molecule has 0 spiro atoms. The van der Waals surface area contributed by atoms with E-state index in [4.69, 9.17) is 11.5 Å². The molecule has 0 saturated heterocycles. The molecule has 11 heteroatoms. The van der Waals surface area contributed by atoms with Crippen molar-refractivity contribution in [3.05, 3.63) is 30.3 Å². The number of nitrogens with zero attached hydrogens (tertiary/aromatic N) is 1. The van der Waals surface area contributed by atoms with Gasteiger partial charge in [0.1, 0.15) is 0 Å². The van der Waals surface area contributed by atoms with Crippen molar-refractivity contribution in [2.75, 3.05) is 5.75 Å². The first-order valence-electron chi connectivity index (χ1n) is 5.39. The molecule has 0 aliphatic carbocycles. The molecule has 0 amide bonds. The fourth-order valence-corrected chi connectivity index (χ4v) is 3.93. The quantitative estimate of drug-likeness (QED) is 0.207. The van der Waals surface area contributed by atoms with Gasteiger partial charge in [-0.3, -0.25) is 4.21 Å². The average molecular weight is 334 g/mol. The van der Waals surface area contributed by atoms with Crippen molar-refractivity contribution in [1.29, 1.82) is 0 Å². The highest BCUT2D eigenvalue weighted by Gasteiger charge is 2.36. The summed E-state index contributed by atoms with van der Waals surface area (Å²) in [5.74, 6) is -2.98. The van der Waals surface area contributed by atoms with Crippen molar-refractivity contribution < 1.29 is 26.8 Å². The molecule has 0 aliphatic rings. The molecule has 9 nitrogen and oxygen atoms in total. The van der Waals surface area contributed by atoms with E-state index in [2.05, 4.69) is 9.99 Å². The second kappa shape index (κ2) is 7.15. The fourth-order valence-electron chi connectivity index (χ4n) is 1.34. The summed E-state index contributed by atoms with van der Waals surface area (Å²) in [7, 11) is -4.26. The van der Waals surface area contributed by atoms with E-state index in [1.807, 2.05) is 0 Å². The Labute approximate surface area is 123 Å². The number of oxime groups is 1. The van der Waals surface area contributed by atoms with E-state index in [1.165, 1.54) is 24.3 Å². The van der Waals surface area contributed by atoms with Gasteiger partial charge in [0.05, 0.1) is 4.90 Å². The van der Waals surface area contributed by atoms with Crippen molar-refractivity contribution in [1.82, 2.24) is 0 Å². The fraction of sp³-hybridized carbons (Fsp3) is 0.200.